The van der Waals surface area contributed by atoms with E-state index >= 15 is 0 Å². The Morgan fingerprint density at radius 2 is 1.87 bits per heavy atom. The Labute approximate surface area is 133 Å². The zero-order valence-electron chi connectivity index (χ0n) is 12.7. The Hall–Kier alpha value is -2.69. The molecule has 2 aromatic carbocycles. The molecule has 0 N–H and O–H groups in total. The minimum absolute atomic E-state index is 0.109. The molecule has 0 spiro atoms. The molecule has 118 valence electrons. The highest BCUT2D eigenvalue weighted by Gasteiger charge is 2.36. The summed E-state index contributed by atoms with van der Waals surface area (Å²) in [6, 6.07) is 13.0. The number of halogens is 1. The van der Waals surface area contributed by atoms with Crippen LogP contribution in [0.25, 0.3) is 0 Å². The molecule has 1 aliphatic rings. The van der Waals surface area contributed by atoms with Gasteiger partial charge in [0, 0.05) is 19.0 Å². The van der Waals surface area contributed by atoms with Crippen molar-refractivity contribution in [2.75, 3.05) is 6.61 Å². The Morgan fingerprint density at radius 1 is 1.17 bits per heavy atom. The first-order valence-electron chi connectivity index (χ1n) is 7.34. The predicted octanol–water partition coefficient (Wildman–Crippen LogP) is 3.09. The lowest BCUT2D eigenvalue weighted by atomic mass is 10.1. The van der Waals surface area contributed by atoms with E-state index in [9.17, 15) is 14.0 Å². The van der Waals surface area contributed by atoms with E-state index in [2.05, 4.69) is 0 Å². The van der Waals surface area contributed by atoms with Crippen LogP contribution in [0.3, 0.4) is 0 Å². The van der Waals surface area contributed by atoms with E-state index in [1.54, 1.807) is 29.2 Å². The molecule has 0 aromatic heterocycles. The summed E-state index contributed by atoms with van der Waals surface area (Å²) in [5, 5.41) is 0. The number of nitrogens with zero attached hydrogens (tertiary/aromatic N) is 1. The highest BCUT2D eigenvalue weighted by atomic mass is 19.1. The van der Waals surface area contributed by atoms with Crippen LogP contribution < -0.4 is 0 Å². The van der Waals surface area contributed by atoms with E-state index in [4.69, 9.17) is 4.74 Å². The van der Waals surface area contributed by atoms with Gasteiger partial charge < -0.3 is 9.64 Å². The maximum atomic E-state index is 13.0. The van der Waals surface area contributed by atoms with E-state index in [0.717, 1.165) is 11.1 Å². The Kier molecular flexibility index (Phi) is 4.10. The number of ether oxygens (including phenoxy) is 1. The summed E-state index contributed by atoms with van der Waals surface area (Å²) in [6.07, 6.45) is 0. The second-order valence-corrected chi connectivity index (χ2v) is 5.47. The molecule has 2 aromatic rings. The number of esters is 1. The quantitative estimate of drug-likeness (QED) is 0.815. The van der Waals surface area contributed by atoms with Crippen molar-refractivity contribution in [3.8, 4) is 0 Å². The maximum absolute atomic E-state index is 13.0. The largest absolute Gasteiger partial charge is 0.463 e. The Bertz CT molecular complexity index is 742. The first-order valence-corrected chi connectivity index (χ1v) is 7.34. The minimum Gasteiger partial charge on any atom is -0.463 e. The van der Waals surface area contributed by atoms with Gasteiger partial charge in [0.05, 0.1) is 6.04 Å². The predicted molar refractivity (Wildman–Crippen MR) is 82.1 cm³/mol. The van der Waals surface area contributed by atoms with E-state index in [1.807, 2.05) is 12.1 Å². The maximum Gasteiger partial charge on any atom is 0.302 e. The minimum atomic E-state index is -0.386. The molecule has 0 saturated carbocycles. The zero-order valence-corrected chi connectivity index (χ0v) is 12.7. The number of amides is 1. The molecule has 0 bridgehead atoms. The molecule has 0 saturated heterocycles. The second-order valence-electron chi connectivity index (χ2n) is 5.47. The van der Waals surface area contributed by atoms with Crippen LogP contribution in [-0.4, -0.2) is 23.4 Å². The van der Waals surface area contributed by atoms with Gasteiger partial charge in [-0.3, -0.25) is 9.59 Å². The average molecular weight is 313 g/mol. The highest BCUT2D eigenvalue weighted by Crippen LogP contribution is 2.34. The Morgan fingerprint density at radius 3 is 2.57 bits per heavy atom. The Balaban J connectivity index is 1.88. The fourth-order valence-corrected chi connectivity index (χ4v) is 2.79. The molecule has 4 nitrogen and oxygen atoms in total. The SMILES string of the molecule is CC(=O)OCC1c2ccccc2C(=O)N1Cc1ccc(F)cc1. The summed E-state index contributed by atoms with van der Waals surface area (Å²) in [4.78, 5) is 25.4. The monoisotopic (exact) mass is 313 g/mol. The van der Waals surface area contributed by atoms with Crippen molar-refractivity contribution in [1.29, 1.82) is 0 Å². The van der Waals surface area contributed by atoms with Gasteiger partial charge in [-0.25, -0.2) is 4.39 Å². The molecule has 0 fully saturated rings. The van der Waals surface area contributed by atoms with Gasteiger partial charge in [-0.1, -0.05) is 30.3 Å². The van der Waals surface area contributed by atoms with Crippen molar-refractivity contribution < 1.29 is 18.7 Å². The second kappa shape index (κ2) is 6.20. The van der Waals surface area contributed by atoms with Crippen LogP contribution in [0.2, 0.25) is 0 Å². The number of hydrogen-bond acceptors (Lipinski definition) is 3. The average Bonchev–Trinajstić information content (AvgIpc) is 2.80. The standard InChI is InChI=1S/C18H16FNO3/c1-12(21)23-11-17-15-4-2-3-5-16(15)18(22)20(17)10-13-6-8-14(19)9-7-13/h2-9,17H,10-11H2,1H3. The van der Waals surface area contributed by atoms with Gasteiger partial charge in [-0.05, 0) is 29.3 Å². The molecule has 23 heavy (non-hydrogen) atoms. The molecule has 1 heterocycles. The van der Waals surface area contributed by atoms with Gasteiger partial charge in [0.25, 0.3) is 5.91 Å². The van der Waals surface area contributed by atoms with Crippen LogP contribution in [0.5, 0.6) is 0 Å². The number of hydrogen-bond donors (Lipinski definition) is 0. The fraction of sp³-hybridized carbons (Fsp3) is 0.222. The van der Waals surface area contributed by atoms with Crippen LogP contribution in [0.15, 0.2) is 48.5 Å². The van der Waals surface area contributed by atoms with E-state index in [-0.39, 0.29) is 30.3 Å². The molecule has 0 aliphatic carbocycles. The lowest BCUT2D eigenvalue weighted by Crippen LogP contribution is -2.30. The lowest BCUT2D eigenvalue weighted by Gasteiger charge is -2.25. The lowest BCUT2D eigenvalue weighted by molar-refractivity contribution is -0.142. The normalized spacial score (nSPS) is 16.3. The number of carbonyl (C=O) groups excluding carboxylic acids is 2. The van der Waals surface area contributed by atoms with Gasteiger partial charge in [0.1, 0.15) is 12.4 Å². The van der Waals surface area contributed by atoms with Crippen LogP contribution in [0.1, 0.15) is 34.5 Å². The van der Waals surface area contributed by atoms with Crippen molar-refractivity contribution in [2.24, 2.45) is 0 Å². The third kappa shape index (κ3) is 3.08. The number of rotatable bonds is 4. The van der Waals surface area contributed by atoms with Gasteiger partial charge in [-0.15, -0.1) is 0 Å². The molecule has 5 heteroatoms. The summed E-state index contributed by atoms with van der Waals surface area (Å²) in [6.45, 7) is 1.78. The van der Waals surface area contributed by atoms with Crippen molar-refractivity contribution in [2.45, 2.75) is 19.5 Å². The highest BCUT2D eigenvalue weighted by molar-refractivity contribution is 5.99. The topological polar surface area (TPSA) is 46.6 Å². The summed E-state index contributed by atoms with van der Waals surface area (Å²) >= 11 is 0. The molecule has 0 radical (unpaired) electrons. The molecule has 1 atom stereocenters. The van der Waals surface area contributed by atoms with Crippen LogP contribution in [0, 0.1) is 5.82 Å². The molecular weight excluding hydrogens is 297 g/mol. The molecule has 1 amide bonds. The smallest absolute Gasteiger partial charge is 0.302 e. The number of benzene rings is 2. The van der Waals surface area contributed by atoms with Crippen molar-refractivity contribution in [3.05, 3.63) is 71.0 Å². The van der Waals surface area contributed by atoms with Crippen LogP contribution in [-0.2, 0) is 16.1 Å². The van der Waals surface area contributed by atoms with Crippen molar-refractivity contribution in [1.82, 2.24) is 4.90 Å². The molecule has 3 rings (SSSR count). The van der Waals surface area contributed by atoms with Gasteiger partial charge in [0.15, 0.2) is 0 Å². The third-order valence-corrected chi connectivity index (χ3v) is 3.90. The first-order chi connectivity index (χ1) is 11.1. The molecule has 1 unspecified atom stereocenters. The van der Waals surface area contributed by atoms with Gasteiger partial charge >= 0.3 is 5.97 Å². The molecular formula is C18H16FNO3. The van der Waals surface area contributed by atoms with E-state index in [1.165, 1.54) is 19.1 Å². The first kappa shape index (κ1) is 15.2. The summed E-state index contributed by atoms with van der Waals surface area (Å²) in [5.74, 6) is -0.813. The van der Waals surface area contributed by atoms with E-state index < -0.39 is 0 Å². The third-order valence-electron chi connectivity index (χ3n) is 3.90. The molecule has 1 aliphatic heterocycles. The van der Waals surface area contributed by atoms with Gasteiger partial charge in [0.2, 0.25) is 0 Å². The van der Waals surface area contributed by atoms with Crippen molar-refractivity contribution >= 4 is 11.9 Å². The summed E-state index contributed by atoms with van der Waals surface area (Å²) < 4.78 is 18.2. The number of fused-ring (bicyclic) bond motifs is 1. The van der Waals surface area contributed by atoms with Crippen LogP contribution >= 0.6 is 0 Å². The summed E-state index contributed by atoms with van der Waals surface area (Å²) in [7, 11) is 0. The van der Waals surface area contributed by atoms with Gasteiger partial charge in [-0.2, -0.15) is 0 Å². The fourth-order valence-electron chi connectivity index (χ4n) is 2.79. The summed E-state index contributed by atoms with van der Waals surface area (Å²) in [5.41, 5.74) is 2.29. The van der Waals surface area contributed by atoms with Crippen LogP contribution in [0.4, 0.5) is 4.39 Å². The van der Waals surface area contributed by atoms with E-state index in [0.29, 0.717) is 12.1 Å². The van der Waals surface area contributed by atoms with Crippen molar-refractivity contribution in [3.63, 3.8) is 0 Å². The number of carbonyl (C=O) groups is 2. The zero-order chi connectivity index (χ0) is 16.4.